The molecule has 0 atom stereocenters. The fraction of sp³-hybridized carbons (Fsp3) is 0.143. The summed E-state index contributed by atoms with van der Waals surface area (Å²) >= 11 is 0. The highest BCUT2D eigenvalue weighted by atomic mass is 32.2. The third kappa shape index (κ3) is 2.59. The van der Waals surface area contributed by atoms with Gasteiger partial charge in [0.2, 0.25) is 6.79 Å². The van der Waals surface area contributed by atoms with Crippen molar-refractivity contribution in [2.75, 3.05) is 17.2 Å². The lowest BCUT2D eigenvalue weighted by Gasteiger charge is -2.11. The number of nitrogen functional groups attached to an aromatic ring is 1. The van der Waals surface area contributed by atoms with Crippen molar-refractivity contribution in [2.24, 2.45) is 0 Å². The minimum atomic E-state index is -3.70. The molecule has 3 rings (SSSR count). The summed E-state index contributed by atoms with van der Waals surface area (Å²) in [6.45, 7) is 1.99. The molecule has 110 valence electrons. The molecule has 2 aromatic rings. The number of rotatable bonds is 3. The summed E-state index contributed by atoms with van der Waals surface area (Å²) < 4.78 is 37.5. The van der Waals surface area contributed by atoms with Crippen molar-refractivity contribution < 1.29 is 17.9 Å². The van der Waals surface area contributed by atoms with Crippen LogP contribution in [0.25, 0.3) is 0 Å². The van der Waals surface area contributed by atoms with Crippen LogP contribution in [0.3, 0.4) is 0 Å². The van der Waals surface area contributed by atoms with Gasteiger partial charge in [-0.1, -0.05) is 17.7 Å². The first-order valence-electron chi connectivity index (χ1n) is 6.24. The van der Waals surface area contributed by atoms with Crippen LogP contribution in [0.4, 0.5) is 11.4 Å². The van der Waals surface area contributed by atoms with Crippen molar-refractivity contribution in [1.82, 2.24) is 0 Å². The van der Waals surface area contributed by atoms with Crippen LogP contribution in [0.1, 0.15) is 5.56 Å². The summed E-state index contributed by atoms with van der Waals surface area (Å²) in [5.41, 5.74) is 7.36. The van der Waals surface area contributed by atoms with Crippen LogP contribution in [0.15, 0.2) is 41.3 Å². The normalized spacial score (nSPS) is 13.2. The second kappa shape index (κ2) is 4.85. The van der Waals surface area contributed by atoms with E-state index in [4.69, 9.17) is 15.2 Å². The number of hydrogen-bond donors (Lipinski definition) is 2. The van der Waals surface area contributed by atoms with Crippen LogP contribution in [-0.4, -0.2) is 15.2 Å². The summed E-state index contributed by atoms with van der Waals surface area (Å²) in [5.74, 6) is 0.969. The quantitative estimate of drug-likeness (QED) is 0.848. The number of aryl methyl sites for hydroxylation is 1. The molecule has 0 saturated heterocycles. The first-order valence-corrected chi connectivity index (χ1v) is 7.73. The number of fused-ring (bicyclic) bond motifs is 1. The second-order valence-corrected chi connectivity index (χ2v) is 6.39. The van der Waals surface area contributed by atoms with Crippen LogP contribution >= 0.6 is 0 Å². The van der Waals surface area contributed by atoms with Crippen molar-refractivity contribution in [3.05, 3.63) is 42.0 Å². The Morgan fingerprint density at radius 2 is 1.71 bits per heavy atom. The Kier molecular flexibility index (Phi) is 3.13. The number of hydrogen-bond acceptors (Lipinski definition) is 5. The molecule has 1 heterocycles. The lowest BCUT2D eigenvalue weighted by atomic mass is 10.2. The molecule has 7 heteroatoms. The fourth-order valence-electron chi connectivity index (χ4n) is 1.97. The lowest BCUT2D eigenvalue weighted by molar-refractivity contribution is 0.174. The summed E-state index contributed by atoms with van der Waals surface area (Å²) in [7, 11) is -3.70. The molecule has 0 radical (unpaired) electrons. The summed E-state index contributed by atoms with van der Waals surface area (Å²) in [5, 5.41) is 0. The van der Waals surface area contributed by atoms with Gasteiger partial charge in [0.1, 0.15) is 0 Å². The highest BCUT2D eigenvalue weighted by molar-refractivity contribution is 7.92. The average molecular weight is 306 g/mol. The SMILES string of the molecule is Cc1ccc(S(=O)(=O)Nc2cc3c(cc2N)OCO3)cc1. The van der Waals surface area contributed by atoms with Gasteiger partial charge < -0.3 is 15.2 Å². The van der Waals surface area contributed by atoms with Gasteiger partial charge in [-0.05, 0) is 19.1 Å². The molecule has 1 aliphatic heterocycles. The molecule has 6 nitrogen and oxygen atoms in total. The molecule has 0 unspecified atom stereocenters. The smallest absolute Gasteiger partial charge is 0.261 e. The first-order chi connectivity index (χ1) is 9.95. The van der Waals surface area contributed by atoms with Gasteiger partial charge in [-0.2, -0.15) is 0 Å². The first kappa shape index (κ1) is 13.6. The van der Waals surface area contributed by atoms with E-state index in [-0.39, 0.29) is 23.1 Å². The fourth-order valence-corrected chi connectivity index (χ4v) is 3.05. The maximum absolute atomic E-state index is 12.3. The molecule has 0 aromatic heterocycles. The van der Waals surface area contributed by atoms with E-state index in [1.807, 2.05) is 6.92 Å². The molecule has 2 aromatic carbocycles. The van der Waals surface area contributed by atoms with Crippen molar-refractivity contribution >= 4 is 21.4 Å². The minimum absolute atomic E-state index is 0.100. The molecular weight excluding hydrogens is 292 g/mol. The Bertz CT molecular complexity index is 785. The molecule has 0 fully saturated rings. The highest BCUT2D eigenvalue weighted by Gasteiger charge is 2.20. The van der Waals surface area contributed by atoms with E-state index in [1.165, 1.54) is 12.1 Å². The second-order valence-electron chi connectivity index (χ2n) is 4.71. The van der Waals surface area contributed by atoms with E-state index >= 15 is 0 Å². The summed E-state index contributed by atoms with van der Waals surface area (Å²) in [4.78, 5) is 0.171. The van der Waals surface area contributed by atoms with Crippen molar-refractivity contribution in [3.63, 3.8) is 0 Å². The van der Waals surface area contributed by atoms with Gasteiger partial charge in [0.05, 0.1) is 16.3 Å². The summed E-state index contributed by atoms with van der Waals surface area (Å²) in [6, 6.07) is 9.61. The number of sulfonamides is 1. The van der Waals surface area contributed by atoms with Crippen LogP contribution in [0.2, 0.25) is 0 Å². The maximum Gasteiger partial charge on any atom is 0.261 e. The minimum Gasteiger partial charge on any atom is -0.454 e. The number of ether oxygens (including phenoxy) is 2. The number of benzene rings is 2. The Labute approximate surface area is 122 Å². The lowest BCUT2D eigenvalue weighted by Crippen LogP contribution is -2.14. The highest BCUT2D eigenvalue weighted by Crippen LogP contribution is 2.38. The number of anilines is 2. The van der Waals surface area contributed by atoms with Crippen molar-refractivity contribution in [3.8, 4) is 11.5 Å². The molecule has 3 N–H and O–H groups in total. The zero-order valence-electron chi connectivity index (χ0n) is 11.3. The van der Waals surface area contributed by atoms with Crippen LogP contribution in [0, 0.1) is 6.92 Å². The average Bonchev–Trinajstić information content (AvgIpc) is 2.86. The molecular formula is C14H14N2O4S. The number of nitrogens with one attached hydrogen (secondary N) is 1. The van der Waals surface area contributed by atoms with Gasteiger partial charge in [0.25, 0.3) is 10.0 Å². The van der Waals surface area contributed by atoms with E-state index in [2.05, 4.69) is 4.72 Å². The largest absolute Gasteiger partial charge is 0.454 e. The van der Waals surface area contributed by atoms with E-state index < -0.39 is 10.0 Å². The van der Waals surface area contributed by atoms with Crippen LogP contribution in [0.5, 0.6) is 11.5 Å². The standard InChI is InChI=1S/C14H14N2O4S/c1-9-2-4-10(5-3-9)21(17,18)16-12-7-14-13(6-11(12)15)19-8-20-14/h2-7,16H,8,15H2,1H3. The van der Waals surface area contributed by atoms with Gasteiger partial charge in [0.15, 0.2) is 11.5 Å². The summed E-state index contributed by atoms with van der Waals surface area (Å²) in [6.07, 6.45) is 0. The topological polar surface area (TPSA) is 90.7 Å². The molecule has 21 heavy (non-hydrogen) atoms. The predicted molar refractivity (Wildman–Crippen MR) is 79.0 cm³/mol. The third-order valence-electron chi connectivity index (χ3n) is 3.12. The molecule has 0 saturated carbocycles. The van der Waals surface area contributed by atoms with Gasteiger partial charge in [-0.3, -0.25) is 4.72 Å². The van der Waals surface area contributed by atoms with E-state index in [1.54, 1.807) is 24.3 Å². The van der Waals surface area contributed by atoms with Gasteiger partial charge >= 0.3 is 0 Å². The predicted octanol–water partition coefficient (Wildman–Crippen LogP) is 2.11. The van der Waals surface area contributed by atoms with Gasteiger partial charge in [-0.25, -0.2) is 8.42 Å². The number of nitrogens with two attached hydrogens (primary N) is 1. The Morgan fingerprint density at radius 3 is 2.38 bits per heavy atom. The Balaban J connectivity index is 1.94. The van der Waals surface area contributed by atoms with Gasteiger partial charge in [-0.15, -0.1) is 0 Å². The van der Waals surface area contributed by atoms with Gasteiger partial charge in [0, 0.05) is 12.1 Å². The van der Waals surface area contributed by atoms with E-state index in [0.717, 1.165) is 5.56 Å². The Hall–Kier alpha value is -2.41. The maximum atomic E-state index is 12.3. The zero-order valence-corrected chi connectivity index (χ0v) is 12.1. The van der Waals surface area contributed by atoms with Crippen molar-refractivity contribution in [2.45, 2.75) is 11.8 Å². The van der Waals surface area contributed by atoms with Crippen molar-refractivity contribution in [1.29, 1.82) is 0 Å². The molecule has 0 spiro atoms. The monoisotopic (exact) mass is 306 g/mol. The Morgan fingerprint density at radius 1 is 1.10 bits per heavy atom. The van der Waals surface area contributed by atoms with Crippen LogP contribution < -0.4 is 19.9 Å². The molecule has 0 aliphatic carbocycles. The molecule has 0 bridgehead atoms. The van der Waals surface area contributed by atoms with Crippen LogP contribution in [-0.2, 0) is 10.0 Å². The van der Waals surface area contributed by atoms with E-state index in [9.17, 15) is 8.42 Å². The van der Waals surface area contributed by atoms with E-state index in [0.29, 0.717) is 11.5 Å². The molecule has 1 aliphatic rings. The molecule has 0 amide bonds. The zero-order chi connectivity index (χ0) is 15.0. The third-order valence-corrected chi connectivity index (χ3v) is 4.50.